The van der Waals surface area contributed by atoms with Crippen LogP contribution < -0.4 is 11.1 Å². The first-order valence-electron chi connectivity index (χ1n) is 6.24. The minimum atomic E-state index is 0.589. The van der Waals surface area contributed by atoms with Crippen LogP contribution in [0.3, 0.4) is 0 Å². The SMILES string of the molecule is CCNC1CCCC(c2cnccc2N)C1. The second-order valence-corrected chi connectivity index (χ2v) is 4.62. The van der Waals surface area contributed by atoms with Gasteiger partial charge in [0.15, 0.2) is 0 Å². The van der Waals surface area contributed by atoms with Gasteiger partial charge in [-0.1, -0.05) is 13.3 Å². The zero-order valence-corrected chi connectivity index (χ0v) is 9.95. The highest BCUT2D eigenvalue weighted by molar-refractivity contribution is 5.46. The number of nitrogen functional groups attached to an aromatic ring is 1. The maximum absolute atomic E-state index is 6.01. The molecule has 16 heavy (non-hydrogen) atoms. The van der Waals surface area contributed by atoms with E-state index in [1.54, 1.807) is 6.20 Å². The lowest BCUT2D eigenvalue weighted by Gasteiger charge is -2.30. The van der Waals surface area contributed by atoms with Crippen LogP contribution in [-0.2, 0) is 0 Å². The molecule has 1 aromatic rings. The van der Waals surface area contributed by atoms with E-state index in [1.807, 2.05) is 12.3 Å². The van der Waals surface area contributed by atoms with Crippen LogP contribution in [-0.4, -0.2) is 17.6 Å². The summed E-state index contributed by atoms with van der Waals surface area (Å²) in [6, 6.07) is 2.56. The van der Waals surface area contributed by atoms with E-state index in [-0.39, 0.29) is 0 Å². The third-order valence-electron chi connectivity index (χ3n) is 3.49. The predicted molar refractivity (Wildman–Crippen MR) is 67.3 cm³/mol. The van der Waals surface area contributed by atoms with Crippen LogP contribution in [0.25, 0.3) is 0 Å². The maximum atomic E-state index is 6.01. The van der Waals surface area contributed by atoms with Gasteiger partial charge in [0, 0.05) is 24.1 Å². The van der Waals surface area contributed by atoms with E-state index in [0.29, 0.717) is 12.0 Å². The van der Waals surface area contributed by atoms with Crippen LogP contribution in [0.2, 0.25) is 0 Å². The lowest BCUT2D eigenvalue weighted by atomic mass is 9.81. The van der Waals surface area contributed by atoms with Crippen molar-refractivity contribution in [1.29, 1.82) is 0 Å². The van der Waals surface area contributed by atoms with E-state index < -0.39 is 0 Å². The predicted octanol–water partition coefficient (Wildman–Crippen LogP) is 2.30. The van der Waals surface area contributed by atoms with E-state index in [0.717, 1.165) is 12.2 Å². The molecule has 2 unspecified atom stereocenters. The Labute approximate surface area is 97.5 Å². The number of nitrogens with one attached hydrogen (secondary N) is 1. The number of anilines is 1. The molecular weight excluding hydrogens is 198 g/mol. The summed E-state index contributed by atoms with van der Waals surface area (Å²) in [5.41, 5.74) is 8.15. The number of pyridine rings is 1. The second kappa shape index (κ2) is 5.30. The van der Waals surface area contributed by atoms with Crippen molar-refractivity contribution in [2.75, 3.05) is 12.3 Å². The fourth-order valence-corrected chi connectivity index (χ4v) is 2.70. The number of hydrogen-bond donors (Lipinski definition) is 2. The molecule has 1 aromatic heterocycles. The second-order valence-electron chi connectivity index (χ2n) is 4.62. The van der Waals surface area contributed by atoms with Gasteiger partial charge < -0.3 is 11.1 Å². The Morgan fingerprint density at radius 3 is 3.12 bits per heavy atom. The molecule has 1 aliphatic carbocycles. The molecule has 0 radical (unpaired) electrons. The van der Waals surface area contributed by atoms with Gasteiger partial charge >= 0.3 is 0 Å². The Kier molecular flexibility index (Phi) is 3.78. The maximum Gasteiger partial charge on any atom is 0.0380 e. The molecule has 1 fully saturated rings. The summed E-state index contributed by atoms with van der Waals surface area (Å²) in [4.78, 5) is 4.19. The number of aromatic nitrogens is 1. The molecule has 3 N–H and O–H groups in total. The van der Waals surface area contributed by atoms with Crippen molar-refractivity contribution in [3.05, 3.63) is 24.0 Å². The van der Waals surface area contributed by atoms with Crippen LogP contribution in [0.5, 0.6) is 0 Å². The number of nitrogens with two attached hydrogens (primary N) is 1. The molecule has 2 atom stereocenters. The van der Waals surface area contributed by atoms with Gasteiger partial charge in [0.25, 0.3) is 0 Å². The summed E-state index contributed by atoms with van der Waals surface area (Å²) < 4.78 is 0. The molecule has 3 heteroatoms. The standard InChI is InChI=1S/C13H21N3/c1-2-16-11-5-3-4-10(8-11)12-9-15-7-6-13(12)14/h6-7,9-11,16H,2-5,8H2,1H3,(H2,14,15). The molecule has 88 valence electrons. The Bertz CT molecular complexity index is 336. The van der Waals surface area contributed by atoms with Crippen molar-refractivity contribution >= 4 is 5.69 Å². The minimum absolute atomic E-state index is 0.589. The Hall–Kier alpha value is -1.09. The lowest BCUT2D eigenvalue weighted by molar-refractivity contribution is 0.344. The van der Waals surface area contributed by atoms with Crippen molar-refractivity contribution in [3.8, 4) is 0 Å². The summed E-state index contributed by atoms with van der Waals surface area (Å²) in [6.07, 6.45) is 8.74. The molecule has 0 spiro atoms. The number of nitrogens with zero attached hydrogens (tertiary/aromatic N) is 1. The topological polar surface area (TPSA) is 50.9 Å². The van der Waals surface area contributed by atoms with Crippen LogP contribution in [0.1, 0.15) is 44.1 Å². The minimum Gasteiger partial charge on any atom is -0.398 e. The Balaban J connectivity index is 2.07. The van der Waals surface area contributed by atoms with Crippen molar-refractivity contribution in [3.63, 3.8) is 0 Å². The third-order valence-corrected chi connectivity index (χ3v) is 3.49. The van der Waals surface area contributed by atoms with Crippen molar-refractivity contribution in [2.24, 2.45) is 0 Å². The highest BCUT2D eigenvalue weighted by Gasteiger charge is 2.23. The third kappa shape index (κ3) is 2.53. The van der Waals surface area contributed by atoms with E-state index in [9.17, 15) is 0 Å². The Morgan fingerprint density at radius 1 is 1.50 bits per heavy atom. The van der Waals surface area contributed by atoms with E-state index >= 15 is 0 Å². The highest BCUT2D eigenvalue weighted by atomic mass is 14.9. The first-order chi connectivity index (χ1) is 7.81. The number of hydrogen-bond acceptors (Lipinski definition) is 3. The van der Waals surface area contributed by atoms with Crippen LogP contribution >= 0.6 is 0 Å². The molecule has 1 saturated carbocycles. The van der Waals surface area contributed by atoms with E-state index in [4.69, 9.17) is 5.73 Å². The van der Waals surface area contributed by atoms with Gasteiger partial charge in [-0.2, -0.15) is 0 Å². The van der Waals surface area contributed by atoms with Crippen molar-refractivity contribution < 1.29 is 0 Å². The molecule has 0 aliphatic heterocycles. The zero-order chi connectivity index (χ0) is 11.4. The molecule has 0 saturated heterocycles. The van der Waals surface area contributed by atoms with Crippen molar-refractivity contribution in [1.82, 2.24) is 10.3 Å². The summed E-state index contributed by atoms with van der Waals surface area (Å²) >= 11 is 0. The fourth-order valence-electron chi connectivity index (χ4n) is 2.70. The molecule has 3 nitrogen and oxygen atoms in total. The molecule has 1 aliphatic rings. The van der Waals surface area contributed by atoms with Crippen LogP contribution in [0.15, 0.2) is 18.5 Å². The molecule has 0 amide bonds. The van der Waals surface area contributed by atoms with Gasteiger partial charge in [0.1, 0.15) is 0 Å². The van der Waals surface area contributed by atoms with Gasteiger partial charge in [0.05, 0.1) is 0 Å². The van der Waals surface area contributed by atoms with Crippen molar-refractivity contribution in [2.45, 2.75) is 44.6 Å². The quantitative estimate of drug-likeness (QED) is 0.820. The average molecular weight is 219 g/mol. The first-order valence-corrected chi connectivity index (χ1v) is 6.24. The summed E-state index contributed by atoms with van der Waals surface area (Å²) in [5.74, 6) is 0.589. The Morgan fingerprint density at radius 2 is 2.38 bits per heavy atom. The highest BCUT2D eigenvalue weighted by Crippen LogP contribution is 2.34. The summed E-state index contributed by atoms with van der Waals surface area (Å²) in [7, 11) is 0. The van der Waals surface area contributed by atoms with Crippen LogP contribution in [0.4, 0.5) is 5.69 Å². The smallest absolute Gasteiger partial charge is 0.0380 e. The molecule has 2 rings (SSSR count). The normalized spacial score (nSPS) is 25.6. The zero-order valence-electron chi connectivity index (χ0n) is 9.95. The van der Waals surface area contributed by atoms with Gasteiger partial charge in [0.2, 0.25) is 0 Å². The molecule has 1 heterocycles. The summed E-state index contributed by atoms with van der Waals surface area (Å²) in [6.45, 7) is 3.22. The van der Waals surface area contributed by atoms with E-state index in [2.05, 4.69) is 17.2 Å². The van der Waals surface area contributed by atoms with Gasteiger partial charge in [-0.05, 0) is 43.4 Å². The largest absolute Gasteiger partial charge is 0.398 e. The van der Waals surface area contributed by atoms with Gasteiger partial charge in [-0.3, -0.25) is 4.98 Å². The van der Waals surface area contributed by atoms with Gasteiger partial charge in [-0.25, -0.2) is 0 Å². The molecule has 0 bridgehead atoms. The molecule has 0 aromatic carbocycles. The van der Waals surface area contributed by atoms with Gasteiger partial charge in [-0.15, -0.1) is 0 Å². The van der Waals surface area contributed by atoms with Crippen LogP contribution in [0, 0.1) is 0 Å². The van der Waals surface area contributed by atoms with E-state index in [1.165, 1.54) is 31.2 Å². The monoisotopic (exact) mass is 219 g/mol. The average Bonchev–Trinajstić information content (AvgIpc) is 2.30. The molecular formula is C13H21N3. The first kappa shape index (κ1) is 11.4. The summed E-state index contributed by atoms with van der Waals surface area (Å²) in [5, 5.41) is 3.54. The lowest BCUT2D eigenvalue weighted by Crippen LogP contribution is -2.33. The fraction of sp³-hybridized carbons (Fsp3) is 0.615. The number of rotatable bonds is 3.